The van der Waals surface area contributed by atoms with Crippen LogP contribution in [0.2, 0.25) is 0 Å². The van der Waals surface area contributed by atoms with E-state index >= 15 is 0 Å². The molecule has 0 aliphatic carbocycles. The third-order valence-corrected chi connectivity index (χ3v) is 2.12. The maximum Gasteiger partial charge on any atom is 0.303 e. The van der Waals surface area contributed by atoms with Crippen molar-refractivity contribution >= 4 is 5.97 Å². The predicted octanol–water partition coefficient (Wildman–Crippen LogP) is 2.46. The number of hydrogen-bond acceptors (Lipinski definition) is 1. The third-order valence-electron chi connectivity index (χ3n) is 2.12. The first-order chi connectivity index (χ1) is 6.50. The standard InChI is InChI=1S/C11H13FO2/c1-7-5-9(3-4-10(13)14)6-8(2)11(7)12/h5-6H,3-4H2,1-2H3,(H,13,14). The van der Waals surface area contributed by atoms with Gasteiger partial charge < -0.3 is 5.11 Å². The van der Waals surface area contributed by atoms with Gasteiger partial charge in [0.25, 0.3) is 0 Å². The number of carbonyl (C=O) groups is 1. The predicted molar refractivity (Wildman–Crippen MR) is 51.8 cm³/mol. The molecule has 0 amide bonds. The summed E-state index contributed by atoms with van der Waals surface area (Å²) in [6.45, 7) is 3.37. The summed E-state index contributed by atoms with van der Waals surface area (Å²) < 4.78 is 13.2. The molecular formula is C11H13FO2. The third kappa shape index (κ3) is 2.55. The van der Waals surface area contributed by atoms with E-state index in [1.807, 2.05) is 0 Å². The maximum atomic E-state index is 13.2. The molecule has 0 aromatic heterocycles. The van der Waals surface area contributed by atoms with E-state index in [0.717, 1.165) is 5.56 Å². The van der Waals surface area contributed by atoms with Gasteiger partial charge in [0.1, 0.15) is 5.82 Å². The molecule has 0 heterocycles. The molecule has 0 bridgehead atoms. The van der Waals surface area contributed by atoms with Crippen molar-refractivity contribution in [3.8, 4) is 0 Å². The molecule has 0 aliphatic rings. The molecule has 1 rings (SSSR count). The maximum absolute atomic E-state index is 13.2. The Balaban J connectivity index is 2.84. The summed E-state index contributed by atoms with van der Waals surface area (Å²) >= 11 is 0. The van der Waals surface area contributed by atoms with Crippen LogP contribution in [-0.2, 0) is 11.2 Å². The fraction of sp³-hybridized carbons (Fsp3) is 0.364. The molecular weight excluding hydrogens is 183 g/mol. The molecule has 0 spiro atoms. The van der Waals surface area contributed by atoms with Gasteiger partial charge in [-0.2, -0.15) is 0 Å². The van der Waals surface area contributed by atoms with Crippen LogP contribution in [0, 0.1) is 19.7 Å². The van der Waals surface area contributed by atoms with E-state index in [0.29, 0.717) is 17.5 Å². The Kier molecular flexibility index (Phi) is 3.23. The minimum absolute atomic E-state index is 0.0878. The van der Waals surface area contributed by atoms with Crippen LogP contribution in [0.4, 0.5) is 4.39 Å². The molecule has 76 valence electrons. The monoisotopic (exact) mass is 196 g/mol. The number of halogens is 1. The second kappa shape index (κ2) is 4.22. The molecule has 2 nitrogen and oxygen atoms in total. The lowest BCUT2D eigenvalue weighted by Crippen LogP contribution is -1.99. The van der Waals surface area contributed by atoms with Crippen LogP contribution in [0.1, 0.15) is 23.1 Å². The quantitative estimate of drug-likeness (QED) is 0.806. The first kappa shape index (κ1) is 10.7. The van der Waals surface area contributed by atoms with Gasteiger partial charge in [-0.3, -0.25) is 4.79 Å². The Morgan fingerprint density at radius 1 is 1.36 bits per heavy atom. The lowest BCUT2D eigenvalue weighted by molar-refractivity contribution is -0.136. The van der Waals surface area contributed by atoms with E-state index in [2.05, 4.69) is 0 Å². The summed E-state index contributed by atoms with van der Waals surface area (Å²) in [5, 5.41) is 8.49. The van der Waals surface area contributed by atoms with Crippen LogP contribution in [-0.4, -0.2) is 11.1 Å². The molecule has 0 aliphatic heterocycles. The van der Waals surface area contributed by atoms with Crippen molar-refractivity contribution in [3.63, 3.8) is 0 Å². The molecule has 1 aromatic carbocycles. The number of carboxylic acid groups (broad SMARTS) is 1. The van der Waals surface area contributed by atoms with E-state index in [1.165, 1.54) is 0 Å². The number of benzene rings is 1. The highest BCUT2D eigenvalue weighted by Gasteiger charge is 2.05. The minimum atomic E-state index is -0.829. The van der Waals surface area contributed by atoms with Crippen LogP contribution >= 0.6 is 0 Å². The lowest BCUT2D eigenvalue weighted by atomic mass is 10.0. The molecule has 3 heteroatoms. The summed E-state index contributed by atoms with van der Waals surface area (Å²) in [5.74, 6) is -1.03. The van der Waals surface area contributed by atoms with E-state index in [1.54, 1.807) is 26.0 Å². The molecule has 0 fully saturated rings. The highest BCUT2D eigenvalue weighted by molar-refractivity contribution is 5.67. The van der Waals surface area contributed by atoms with Crippen molar-refractivity contribution < 1.29 is 14.3 Å². The largest absolute Gasteiger partial charge is 0.481 e. The summed E-state index contributed by atoms with van der Waals surface area (Å²) in [5.41, 5.74) is 2.03. The summed E-state index contributed by atoms with van der Waals surface area (Å²) in [6.07, 6.45) is 0.543. The van der Waals surface area contributed by atoms with Crippen molar-refractivity contribution in [1.29, 1.82) is 0 Å². The lowest BCUT2D eigenvalue weighted by Gasteiger charge is -2.05. The van der Waals surface area contributed by atoms with Crippen molar-refractivity contribution in [3.05, 3.63) is 34.6 Å². The minimum Gasteiger partial charge on any atom is -0.481 e. The van der Waals surface area contributed by atoms with Gasteiger partial charge in [-0.25, -0.2) is 4.39 Å². The number of aryl methyl sites for hydroxylation is 3. The van der Waals surface area contributed by atoms with Crippen molar-refractivity contribution in [2.75, 3.05) is 0 Å². The Labute approximate surface area is 82.4 Å². The zero-order valence-electron chi connectivity index (χ0n) is 8.30. The van der Waals surface area contributed by atoms with E-state index in [-0.39, 0.29) is 12.2 Å². The Morgan fingerprint density at radius 3 is 2.29 bits per heavy atom. The summed E-state index contributed by atoms with van der Waals surface area (Å²) in [4.78, 5) is 10.3. The van der Waals surface area contributed by atoms with Crippen LogP contribution < -0.4 is 0 Å². The second-order valence-corrected chi connectivity index (χ2v) is 3.44. The van der Waals surface area contributed by atoms with Gasteiger partial charge in [0, 0.05) is 6.42 Å². The van der Waals surface area contributed by atoms with E-state index in [4.69, 9.17) is 5.11 Å². The van der Waals surface area contributed by atoms with Crippen LogP contribution in [0.25, 0.3) is 0 Å². The van der Waals surface area contributed by atoms with Gasteiger partial charge in [-0.05, 0) is 37.0 Å². The summed E-state index contributed by atoms with van der Waals surface area (Å²) in [7, 11) is 0. The Bertz CT molecular complexity index is 335. The highest BCUT2D eigenvalue weighted by atomic mass is 19.1. The van der Waals surface area contributed by atoms with Gasteiger partial charge in [0.2, 0.25) is 0 Å². The van der Waals surface area contributed by atoms with Gasteiger partial charge in [0.15, 0.2) is 0 Å². The number of aliphatic carboxylic acids is 1. The normalized spacial score (nSPS) is 10.2. The molecule has 1 N–H and O–H groups in total. The Hall–Kier alpha value is -1.38. The van der Waals surface area contributed by atoms with E-state index < -0.39 is 5.97 Å². The smallest absolute Gasteiger partial charge is 0.303 e. The van der Waals surface area contributed by atoms with Crippen molar-refractivity contribution in [2.45, 2.75) is 26.7 Å². The first-order valence-electron chi connectivity index (χ1n) is 4.48. The molecule has 0 saturated heterocycles. The fourth-order valence-corrected chi connectivity index (χ4v) is 1.43. The summed E-state index contributed by atoms with van der Waals surface area (Å²) in [6, 6.07) is 3.40. The zero-order chi connectivity index (χ0) is 10.7. The molecule has 0 radical (unpaired) electrons. The average molecular weight is 196 g/mol. The van der Waals surface area contributed by atoms with Gasteiger partial charge in [0.05, 0.1) is 0 Å². The SMILES string of the molecule is Cc1cc(CCC(=O)O)cc(C)c1F. The molecule has 14 heavy (non-hydrogen) atoms. The second-order valence-electron chi connectivity index (χ2n) is 3.44. The number of rotatable bonds is 3. The number of carboxylic acids is 1. The molecule has 0 atom stereocenters. The van der Waals surface area contributed by atoms with Crippen molar-refractivity contribution in [1.82, 2.24) is 0 Å². The van der Waals surface area contributed by atoms with E-state index in [9.17, 15) is 9.18 Å². The average Bonchev–Trinajstić information content (AvgIpc) is 2.10. The highest BCUT2D eigenvalue weighted by Crippen LogP contribution is 2.15. The van der Waals surface area contributed by atoms with Gasteiger partial charge >= 0.3 is 5.97 Å². The van der Waals surface area contributed by atoms with Crippen LogP contribution in [0.3, 0.4) is 0 Å². The molecule has 0 unspecified atom stereocenters. The Morgan fingerprint density at radius 2 is 1.86 bits per heavy atom. The van der Waals surface area contributed by atoms with Gasteiger partial charge in [-0.15, -0.1) is 0 Å². The van der Waals surface area contributed by atoms with Crippen LogP contribution in [0.15, 0.2) is 12.1 Å². The van der Waals surface area contributed by atoms with Gasteiger partial charge in [-0.1, -0.05) is 12.1 Å². The first-order valence-corrected chi connectivity index (χ1v) is 4.48. The zero-order valence-corrected chi connectivity index (χ0v) is 8.30. The molecule has 1 aromatic rings. The van der Waals surface area contributed by atoms with Crippen molar-refractivity contribution in [2.24, 2.45) is 0 Å². The fourth-order valence-electron chi connectivity index (χ4n) is 1.43. The molecule has 0 saturated carbocycles. The van der Waals surface area contributed by atoms with Crippen LogP contribution in [0.5, 0.6) is 0 Å². The number of hydrogen-bond donors (Lipinski definition) is 1. The topological polar surface area (TPSA) is 37.3 Å².